The Labute approximate surface area is 396 Å². The fourth-order valence-electron chi connectivity index (χ4n) is 13.7. The molecule has 0 radical (unpaired) electrons. The number of fused-ring (bicyclic) bond motifs is 7. The molecule has 0 N–H and O–H groups in total. The molecule has 0 saturated carbocycles. The summed E-state index contributed by atoms with van der Waals surface area (Å²) in [5.74, 6) is 0. The van der Waals surface area contributed by atoms with Crippen molar-refractivity contribution in [2.75, 3.05) is 9.80 Å². The largest absolute Gasteiger partial charge is 0.311 e. The summed E-state index contributed by atoms with van der Waals surface area (Å²) in [7, 11) is 0. The van der Waals surface area contributed by atoms with E-state index in [1.807, 2.05) is 12.1 Å². The van der Waals surface area contributed by atoms with Gasteiger partial charge in [-0.05, 0) is 199 Å². The maximum absolute atomic E-state index is 9.20. The zero-order valence-electron chi connectivity index (χ0n) is 44.7. The first-order chi connectivity index (χ1) is 31.6. The van der Waals surface area contributed by atoms with Crippen LogP contribution in [0.15, 0.2) is 97.1 Å². The lowest BCUT2D eigenvalue weighted by Gasteiger charge is -2.47. The lowest BCUT2D eigenvalue weighted by Crippen LogP contribution is -2.61. The monoisotopic (exact) mass is 858 g/mol. The van der Waals surface area contributed by atoms with Crippen molar-refractivity contribution >= 4 is 57.2 Å². The normalized spacial score (nSPS) is 21.4. The maximum Gasteiger partial charge on any atom is 0.252 e. The van der Waals surface area contributed by atoms with Gasteiger partial charge in [0.2, 0.25) is 0 Å². The molecule has 6 aromatic rings. The van der Waals surface area contributed by atoms with Crippen molar-refractivity contribution in [3.8, 4) is 11.1 Å². The Morgan fingerprint density at radius 2 is 0.846 bits per heavy atom. The average molecular weight is 858 g/mol. The Hall–Kier alpha value is -5.02. The summed E-state index contributed by atoms with van der Waals surface area (Å²) < 4.78 is 27.6. The minimum Gasteiger partial charge on any atom is -0.311 e. The summed E-state index contributed by atoms with van der Waals surface area (Å²) in [5, 5.41) is 0. The molecule has 0 bridgehead atoms. The molecule has 0 unspecified atom stereocenters. The minimum atomic E-state index is -2.35. The Morgan fingerprint density at radius 1 is 0.415 bits per heavy atom. The van der Waals surface area contributed by atoms with Gasteiger partial charge in [0, 0.05) is 38.2 Å². The fourth-order valence-corrected chi connectivity index (χ4v) is 13.7. The van der Waals surface area contributed by atoms with E-state index in [1.54, 1.807) is 0 Å². The molecule has 0 fully saturated rings. The summed E-state index contributed by atoms with van der Waals surface area (Å²) in [4.78, 5) is 4.99. The van der Waals surface area contributed by atoms with E-state index in [1.165, 1.54) is 72.0 Å². The lowest BCUT2D eigenvalue weighted by molar-refractivity contribution is 0.332. The van der Waals surface area contributed by atoms with E-state index >= 15 is 0 Å². The van der Waals surface area contributed by atoms with Gasteiger partial charge < -0.3 is 9.80 Å². The number of hydrogen-bond donors (Lipinski definition) is 0. The van der Waals surface area contributed by atoms with Crippen molar-refractivity contribution in [3.63, 3.8) is 0 Å². The molecule has 6 aromatic carbocycles. The van der Waals surface area contributed by atoms with E-state index < -0.39 is 6.85 Å². The first-order valence-corrected chi connectivity index (χ1v) is 24.6. The predicted octanol–water partition coefficient (Wildman–Crippen LogP) is 15.0. The fraction of sp³-hybridized carbons (Fsp3) is 0.419. The minimum absolute atomic E-state index is 0.0192. The van der Waals surface area contributed by atoms with Crippen molar-refractivity contribution in [3.05, 3.63) is 147 Å². The Kier molecular flexibility index (Phi) is 8.17. The zero-order chi connectivity index (χ0) is 48.6. The molecule has 3 aliphatic carbocycles. The molecule has 65 heavy (non-hydrogen) atoms. The Bertz CT molecular complexity index is 3130. The predicted molar refractivity (Wildman–Crippen MR) is 281 cm³/mol. The molecule has 2 aliphatic heterocycles. The van der Waals surface area contributed by atoms with Crippen LogP contribution in [-0.2, 0) is 32.5 Å². The summed E-state index contributed by atoms with van der Waals surface area (Å²) in [6, 6.07) is 37.0. The van der Waals surface area contributed by atoms with Crippen molar-refractivity contribution in [1.82, 2.24) is 0 Å². The molecular weight excluding hydrogens is 784 g/mol. The van der Waals surface area contributed by atoms with Crippen LogP contribution in [0.25, 0.3) is 11.1 Å². The second kappa shape index (κ2) is 13.5. The molecule has 332 valence electrons. The zero-order valence-corrected chi connectivity index (χ0v) is 41.7. The van der Waals surface area contributed by atoms with Crippen molar-refractivity contribution in [2.45, 2.75) is 168 Å². The van der Waals surface area contributed by atoms with Crippen LogP contribution in [0, 0.1) is 20.7 Å². The van der Waals surface area contributed by atoms with Crippen LogP contribution in [0.1, 0.15) is 169 Å². The quantitative estimate of drug-likeness (QED) is 0.163. The van der Waals surface area contributed by atoms with Crippen LogP contribution in [-0.4, -0.2) is 6.71 Å². The van der Waals surface area contributed by atoms with Gasteiger partial charge in [0.25, 0.3) is 6.71 Å². The van der Waals surface area contributed by atoms with Crippen LogP contribution >= 0.6 is 0 Å². The van der Waals surface area contributed by atoms with Crippen LogP contribution < -0.4 is 26.2 Å². The average Bonchev–Trinajstić information content (AvgIpc) is 3.44. The highest BCUT2D eigenvalue weighted by Crippen LogP contribution is 2.56. The second-order valence-electron chi connectivity index (χ2n) is 25.0. The molecule has 0 atom stereocenters. The van der Waals surface area contributed by atoms with E-state index in [-0.39, 0.29) is 39.2 Å². The number of rotatable bonds is 3. The van der Waals surface area contributed by atoms with Crippen LogP contribution in [0.2, 0.25) is 0 Å². The van der Waals surface area contributed by atoms with Gasteiger partial charge in [0.1, 0.15) is 0 Å². The van der Waals surface area contributed by atoms with Crippen LogP contribution in [0.4, 0.5) is 34.1 Å². The molecule has 0 aromatic heterocycles. The number of aryl methyl sites for hydroxylation is 3. The lowest BCUT2D eigenvalue weighted by atomic mass is 9.33. The van der Waals surface area contributed by atoms with Crippen molar-refractivity contribution in [2.24, 2.45) is 0 Å². The number of nitrogens with zero attached hydrogens (tertiary/aromatic N) is 2. The van der Waals surface area contributed by atoms with Crippen molar-refractivity contribution in [1.29, 1.82) is 0 Å². The van der Waals surface area contributed by atoms with Crippen LogP contribution in [0.5, 0.6) is 0 Å². The van der Waals surface area contributed by atoms with E-state index in [9.17, 15) is 4.11 Å². The first-order valence-electron chi connectivity index (χ1n) is 26.1. The SMILES string of the molecule is [2H]C([2H])([2H])c1cc2c3c(c1)N(c1cc4c(cc1C)C(C)(C)CCC4(C)C)c1cc4c(cc1B3c1cc(-c3ccccc3)ccc1N2c1cc2c(cc1C)C(C)(C)CCC2(C)C)C(C)(C)CC4(C)C. The summed E-state index contributed by atoms with van der Waals surface area (Å²) in [5.41, 5.74) is 23.8. The third-order valence-electron chi connectivity index (χ3n) is 17.5. The third-order valence-corrected chi connectivity index (χ3v) is 17.5. The standard InChI is InChI=1S/C62H71BN2/c1-37-27-54-56-55(28-37)65(52-34-46-43(30-39(52)3)58(6,7)24-26-60(46,10)11)53-35-47-44(61(12,13)36-62(47,14)15)32-49(53)63(56)48-31-41(40-19-17-16-18-20-40)21-22-50(48)64(54)51-33-45-42(29-38(51)2)57(4,5)23-25-59(45,8)9/h16-22,27-35H,23-26,36H2,1-15H3/i1D3. The van der Waals surface area contributed by atoms with Gasteiger partial charge in [-0.1, -0.05) is 144 Å². The first kappa shape index (κ1) is 39.2. The molecule has 2 nitrogen and oxygen atoms in total. The molecule has 0 amide bonds. The summed E-state index contributed by atoms with van der Waals surface area (Å²) in [6.45, 7) is 31.0. The molecule has 5 aliphatic rings. The van der Waals surface area contributed by atoms with Gasteiger partial charge in [0.05, 0.1) is 0 Å². The van der Waals surface area contributed by atoms with Gasteiger partial charge in [-0.15, -0.1) is 0 Å². The number of anilines is 6. The molecular formula is C62H71BN2. The molecule has 2 heterocycles. The molecule has 11 rings (SSSR count). The number of hydrogen-bond acceptors (Lipinski definition) is 2. The van der Waals surface area contributed by atoms with Gasteiger partial charge in [-0.2, -0.15) is 0 Å². The second-order valence-corrected chi connectivity index (χ2v) is 25.0. The van der Waals surface area contributed by atoms with E-state index in [2.05, 4.69) is 192 Å². The third kappa shape index (κ3) is 6.18. The molecule has 3 heteroatoms. The number of benzene rings is 6. The maximum atomic E-state index is 9.20. The van der Waals surface area contributed by atoms with E-state index in [4.69, 9.17) is 0 Å². The van der Waals surface area contributed by atoms with Gasteiger partial charge in [-0.25, -0.2) is 0 Å². The summed E-state index contributed by atoms with van der Waals surface area (Å²) >= 11 is 0. The highest BCUT2D eigenvalue weighted by Gasteiger charge is 2.49. The molecule has 0 spiro atoms. The molecule has 0 saturated heterocycles. The van der Waals surface area contributed by atoms with E-state index in [0.717, 1.165) is 66.2 Å². The van der Waals surface area contributed by atoms with Gasteiger partial charge in [-0.3, -0.25) is 0 Å². The van der Waals surface area contributed by atoms with Gasteiger partial charge in [0.15, 0.2) is 0 Å². The topological polar surface area (TPSA) is 6.48 Å². The Balaban J connectivity index is 1.30. The highest BCUT2D eigenvalue weighted by molar-refractivity contribution is 7.00. The van der Waals surface area contributed by atoms with Crippen LogP contribution in [0.3, 0.4) is 0 Å². The Morgan fingerprint density at radius 3 is 1.35 bits per heavy atom. The highest BCUT2D eigenvalue weighted by atomic mass is 15.2. The summed E-state index contributed by atoms with van der Waals surface area (Å²) in [6.07, 6.45) is 5.55. The van der Waals surface area contributed by atoms with E-state index in [0.29, 0.717) is 5.56 Å². The van der Waals surface area contributed by atoms with Crippen molar-refractivity contribution < 1.29 is 4.11 Å². The smallest absolute Gasteiger partial charge is 0.252 e. The van der Waals surface area contributed by atoms with Gasteiger partial charge >= 0.3 is 0 Å².